The van der Waals surface area contributed by atoms with Crippen molar-refractivity contribution in [1.29, 1.82) is 0 Å². The SMILES string of the molecule is Cc1ccc2c(N)nc(-c3cc(S(C)(=O)=O)ccc3F)cc2c1N. The van der Waals surface area contributed by atoms with Crippen LogP contribution in [0.4, 0.5) is 15.9 Å². The van der Waals surface area contributed by atoms with E-state index in [1.165, 1.54) is 12.1 Å². The number of rotatable bonds is 2. The molecule has 0 saturated heterocycles. The minimum atomic E-state index is -3.47. The highest BCUT2D eigenvalue weighted by Gasteiger charge is 2.15. The number of hydrogen-bond donors (Lipinski definition) is 2. The molecule has 1 heterocycles. The van der Waals surface area contributed by atoms with Crippen LogP contribution < -0.4 is 11.5 Å². The number of pyridine rings is 1. The van der Waals surface area contributed by atoms with Crippen LogP contribution in [0.1, 0.15) is 5.56 Å². The molecule has 24 heavy (non-hydrogen) atoms. The van der Waals surface area contributed by atoms with Crippen LogP contribution in [0.5, 0.6) is 0 Å². The lowest BCUT2D eigenvalue weighted by atomic mass is 10.0. The molecule has 7 heteroatoms. The molecule has 0 amide bonds. The molecule has 0 aliphatic heterocycles. The monoisotopic (exact) mass is 345 g/mol. The molecule has 2 aromatic carbocycles. The van der Waals surface area contributed by atoms with Crippen molar-refractivity contribution in [1.82, 2.24) is 4.98 Å². The molecule has 0 unspecified atom stereocenters. The molecule has 0 saturated carbocycles. The summed E-state index contributed by atoms with van der Waals surface area (Å²) in [7, 11) is -3.47. The van der Waals surface area contributed by atoms with Gasteiger partial charge in [0.1, 0.15) is 11.6 Å². The van der Waals surface area contributed by atoms with Gasteiger partial charge in [-0.2, -0.15) is 0 Å². The number of sulfone groups is 1. The summed E-state index contributed by atoms with van der Waals surface area (Å²) in [5.41, 5.74) is 13.8. The highest BCUT2D eigenvalue weighted by atomic mass is 32.2. The molecule has 5 nitrogen and oxygen atoms in total. The van der Waals surface area contributed by atoms with Gasteiger partial charge in [-0.3, -0.25) is 0 Å². The quantitative estimate of drug-likeness (QED) is 0.549. The average Bonchev–Trinajstić information content (AvgIpc) is 2.50. The number of benzene rings is 2. The fraction of sp³-hybridized carbons (Fsp3) is 0.118. The molecular formula is C17H16FN3O2S. The Bertz CT molecular complexity index is 1080. The molecule has 124 valence electrons. The summed E-state index contributed by atoms with van der Waals surface area (Å²) >= 11 is 0. The molecule has 0 aliphatic rings. The van der Waals surface area contributed by atoms with Gasteiger partial charge >= 0.3 is 0 Å². The van der Waals surface area contributed by atoms with Gasteiger partial charge in [-0.25, -0.2) is 17.8 Å². The van der Waals surface area contributed by atoms with E-state index in [1.807, 2.05) is 13.0 Å². The summed E-state index contributed by atoms with van der Waals surface area (Å²) in [4.78, 5) is 4.22. The average molecular weight is 345 g/mol. The van der Waals surface area contributed by atoms with E-state index in [0.29, 0.717) is 16.5 Å². The Balaban J connectivity index is 2.33. The molecule has 0 aliphatic carbocycles. The van der Waals surface area contributed by atoms with Crippen LogP contribution in [0.2, 0.25) is 0 Å². The summed E-state index contributed by atoms with van der Waals surface area (Å²) in [6.45, 7) is 1.86. The lowest BCUT2D eigenvalue weighted by molar-refractivity contribution is 0.600. The van der Waals surface area contributed by atoms with Gasteiger partial charge in [0.2, 0.25) is 0 Å². The van der Waals surface area contributed by atoms with Crippen LogP contribution in [-0.2, 0) is 9.84 Å². The number of fused-ring (bicyclic) bond motifs is 1. The fourth-order valence-electron chi connectivity index (χ4n) is 2.55. The first kappa shape index (κ1) is 16.2. The van der Waals surface area contributed by atoms with Crippen molar-refractivity contribution in [3.05, 3.63) is 47.8 Å². The Morgan fingerprint density at radius 1 is 1.04 bits per heavy atom. The standard InChI is InChI=1S/C17H16FN3O2S/c1-9-3-5-11-12(16(9)19)8-15(21-17(11)20)13-7-10(24(2,22)23)4-6-14(13)18/h3-8H,19H2,1-2H3,(H2,20,21). The number of nitrogens with two attached hydrogens (primary N) is 2. The largest absolute Gasteiger partial charge is 0.398 e. The summed E-state index contributed by atoms with van der Waals surface area (Å²) < 4.78 is 37.7. The van der Waals surface area contributed by atoms with E-state index < -0.39 is 15.7 Å². The zero-order chi connectivity index (χ0) is 17.6. The molecule has 1 aromatic heterocycles. The third-order valence-electron chi connectivity index (χ3n) is 3.95. The van der Waals surface area contributed by atoms with Gasteiger partial charge in [-0.05, 0) is 36.8 Å². The molecule has 0 atom stereocenters. The second kappa shape index (κ2) is 5.45. The van der Waals surface area contributed by atoms with E-state index >= 15 is 0 Å². The Hall–Kier alpha value is -2.67. The number of hydrogen-bond acceptors (Lipinski definition) is 5. The second-order valence-corrected chi connectivity index (χ2v) is 7.71. The van der Waals surface area contributed by atoms with Gasteiger partial charge in [0, 0.05) is 28.3 Å². The molecule has 0 fully saturated rings. The van der Waals surface area contributed by atoms with Gasteiger partial charge in [0.05, 0.1) is 10.6 Å². The number of nitrogens with zero attached hydrogens (tertiary/aromatic N) is 1. The Kier molecular flexibility index (Phi) is 3.68. The van der Waals surface area contributed by atoms with Crippen molar-refractivity contribution in [2.75, 3.05) is 17.7 Å². The fourth-order valence-corrected chi connectivity index (χ4v) is 3.20. The molecule has 4 N–H and O–H groups in total. The van der Waals surface area contributed by atoms with Crippen LogP contribution in [0.25, 0.3) is 22.0 Å². The second-order valence-electron chi connectivity index (χ2n) is 5.70. The maximum Gasteiger partial charge on any atom is 0.175 e. The highest BCUT2D eigenvalue weighted by molar-refractivity contribution is 7.90. The topological polar surface area (TPSA) is 99.1 Å². The number of anilines is 2. The van der Waals surface area contributed by atoms with Crippen LogP contribution >= 0.6 is 0 Å². The van der Waals surface area contributed by atoms with Crippen LogP contribution in [-0.4, -0.2) is 19.7 Å². The molecule has 0 bridgehead atoms. The lowest BCUT2D eigenvalue weighted by Gasteiger charge is -2.11. The van der Waals surface area contributed by atoms with E-state index in [4.69, 9.17) is 11.5 Å². The van der Waals surface area contributed by atoms with Gasteiger partial charge in [-0.1, -0.05) is 12.1 Å². The summed E-state index contributed by atoms with van der Waals surface area (Å²) in [6.07, 6.45) is 1.06. The summed E-state index contributed by atoms with van der Waals surface area (Å²) in [6, 6.07) is 8.84. The number of halogens is 1. The third-order valence-corrected chi connectivity index (χ3v) is 5.06. The van der Waals surface area contributed by atoms with E-state index in [0.717, 1.165) is 17.9 Å². The van der Waals surface area contributed by atoms with Crippen molar-refractivity contribution in [3.63, 3.8) is 0 Å². The van der Waals surface area contributed by atoms with Crippen molar-refractivity contribution in [3.8, 4) is 11.3 Å². The zero-order valence-electron chi connectivity index (χ0n) is 13.2. The normalized spacial score (nSPS) is 11.8. The summed E-state index contributed by atoms with van der Waals surface area (Å²) in [5, 5.41) is 1.32. The number of nitrogen functional groups attached to an aromatic ring is 2. The van der Waals surface area contributed by atoms with Crippen molar-refractivity contribution in [2.24, 2.45) is 0 Å². The van der Waals surface area contributed by atoms with E-state index in [2.05, 4.69) is 4.98 Å². The van der Waals surface area contributed by atoms with Crippen LogP contribution in [0.3, 0.4) is 0 Å². The van der Waals surface area contributed by atoms with Crippen molar-refractivity contribution >= 4 is 32.1 Å². The maximum absolute atomic E-state index is 14.2. The van der Waals surface area contributed by atoms with E-state index in [1.54, 1.807) is 12.1 Å². The van der Waals surface area contributed by atoms with Gasteiger partial charge < -0.3 is 11.5 Å². The Labute approximate surface area is 139 Å². The van der Waals surface area contributed by atoms with Gasteiger partial charge in [0.25, 0.3) is 0 Å². The predicted octanol–water partition coefficient (Wildman–Crippen LogP) is 2.92. The first-order chi connectivity index (χ1) is 11.2. The maximum atomic E-state index is 14.2. The minimum Gasteiger partial charge on any atom is -0.398 e. The first-order valence-corrected chi connectivity index (χ1v) is 9.03. The number of aromatic nitrogens is 1. The lowest BCUT2D eigenvalue weighted by Crippen LogP contribution is -2.01. The Morgan fingerprint density at radius 3 is 2.42 bits per heavy atom. The predicted molar refractivity (Wildman–Crippen MR) is 93.8 cm³/mol. The summed E-state index contributed by atoms with van der Waals surface area (Å²) in [5.74, 6) is -0.377. The van der Waals surface area contributed by atoms with Crippen LogP contribution in [0.15, 0.2) is 41.3 Å². The number of aryl methyl sites for hydroxylation is 1. The highest BCUT2D eigenvalue weighted by Crippen LogP contribution is 2.33. The molecule has 3 rings (SSSR count). The molecular weight excluding hydrogens is 329 g/mol. The van der Waals surface area contributed by atoms with Gasteiger partial charge in [-0.15, -0.1) is 0 Å². The van der Waals surface area contributed by atoms with Crippen molar-refractivity contribution in [2.45, 2.75) is 11.8 Å². The van der Waals surface area contributed by atoms with Crippen LogP contribution in [0, 0.1) is 12.7 Å². The van der Waals surface area contributed by atoms with E-state index in [-0.39, 0.29) is 22.0 Å². The smallest absolute Gasteiger partial charge is 0.175 e. The minimum absolute atomic E-state index is 0.0107. The molecule has 3 aromatic rings. The van der Waals surface area contributed by atoms with Crippen molar-refractivity contribution < 1.29 is 12.8 Å². The molecule has 0 radical (unpaired) electrons. The first-order valence-electron chi connectivity index (χ1n) is 7.14. The third kappa shape index (κ3) is 2.67. The van der Waals surface area contributed by atoms with E-state index in [9.17, 15) is 12.8 Å². The zero-order valence-corrected chi connectivity index (χ0v) is 14.0. The van der Waals surface area contributed by atoms with Gasteiger partial charge in [0.15, 0.2) is 9.84 Å². The molecule has 0 spiro atoms. The Morgan fingerprint density at radius 2 is 1.75 bits per heavy atom.